The Morgan fingerprint density at radius 2 is 1.68 bits per heavy atom. The number of benzene rings is 2. The summed E-state index contributed by atoms with van der Waals surface area (Å²) in [7, 11) is 4.94. The summed E-state index contributed by atoms with van der Waals surface area (Å²) in [6.07, 6.45) is -0.621. The van der Waals surface area contributed by atoms with Gasteiger partial charge >= 0.3 is 0 Å². The van der Waals surface area contributed by atoms with Crippen molar-refractivity contribution in [1.29, 1.82) is 0 Å². The number of methoxy groups -OCH3 is 3. The number of aliphatic hydroxyl groups excluding tert-OH is 1. The topological polar surface area (TPSA) is 60.4 Å². The zero-order valence-corrected chi connectivity index (χ0v) is 17.2. The van der Waals surface area contributed by atoms with Gasteiger partial charge in [0.05, 0.1) is 20.8 Å². The van der Waals surface area contributed by atoms with E-state index in [0.717, 1.165) is 28.4 Å². The van der Waals surface area contributed by atoms with Crippen molar-refractivity contribution in [1.82, 2.24) is 4.90 Å². The Labute approximate surface area is 167 Å². The number of ether oxygens (including phenoxy) is 4. The van der Waals surface area contributed by atoms with E-state index in [1.807, 2.05) is 49.4 Å². The third kappa shape index (κ3) is 7.03. The van der Waals surface area contributed by atoms with Crippen LogP contribution in [0, 0.1) is 6.92 Å². The summed E-state index contributed by atoms with van der Waals surface area (Å²) in [6, 6.07) is 13.6. The third-order valence-corrected chi connectivity index (χ3v) is 4.42. The summed E-state index contributed by atoms with van der Waals surface area (Å²) in [4.78, 5) is 2.13. The first-order chi connectivity index (χ1) is 13.5. The molecule has 0 saturated carbocycles. The van der Waals surface area contributed by atoms with E-state index >= 15 is 0 Å². The van der Waals surface area contributed by atoms with Crippen LogP contribution in [0.15, 0.2) is 42.5 Å². The van der Waals surface area contributed by atoms with Crippen LogP contribution in [0.25, 0.3) is 0 Å². The van der Waals surface area contributed by atoms with Crippen molar-refractivity contribution in [3.63, 3.8) is 0 Å². The van der Waals surface area contributed by atoms with Crippen LogP contribution in [0.3, 0.4) is 0 Å². The third-order valence-electron chi connectivity index (χ3n) is 4.42. The normalized spacial score (nSPS) is 12.1. The van der Waals surface area contributed by atoms with Gasteiger partial charge < -0.3 is 24.1 Å². The molecule has 0 aliphatic rings. The van der Waals surface area contributed by atoms with Gasteiger partial charge in [0.25, 0.3) is 0 Å². The van der Waals surface area contributed by atoms with E-state index in [2.05, 4.69) is 4.90 Å². The molecule has 154 valence electrons. The van der Waals surface area contributed by atoms with E-state index in [1.165, 1.54) is 0 Å². The van der Waals surface area contributed by atoms with Crippen molar-refractivity contribution >= 4 is 0 Å². The largest absolute Gasteiger partial charge is 0.497 e. The maximum absolute atomic E-state index is 10.5. The molecule has 0 unspecified atom stereocenters. The van der Waals surface area contributed by atoms with Gasteiger partial charge in [0.2, 0.25) is 0 Å². The highest BCUT2D eigenvalue weighted by atomic mass is 16.5. The number of hydrogen-bond donors (Lipinski definition) is 1. The van der Waals surface area contributed by atoms with E-state index in [4.69, 9.17) is 18.9 Å². The smallest absolute Gasteiger partial charge is 0.122 e. The Kier molecular flexibility index (Phi) is 9.07. The molecule has 1 atom stereocenters. The van der Waals surface area contributed by atoms with Crippen molar-refractivity contribution in [2.45, 2.75) is 19.6 Å². The first kappa shape index (κ1) is 22.0. The minimum Gasteiger partial charge on any atom is -0.497 e. The van der Waals surface area contributed by atoms with Crippen LogP contribution in [-0.2, 0) is 11.3 Å². The Hall–Kier alpha value is -2.28. The van der Waals surface area contributed by atoms with Gasteiger partial charge in [0.15, 0.2) is 0 Å². The van der Waals surface area contributed by atoms with Gasteiger partial charge in [-0.15, -0.1) is 0 Å². The van der Waals surface area contributed by atoms with Crippen molar-refractivity contribution in [3.05, 3.63) is 53.6 Å². The van der Waals surface area contributed by atoms with Gasteiger partial charge in [-0.05, 0) is 36.2 Å². The van der Waals surface area contributed by atoms with Gasteiger partial charge in [-0.3, -0.25) is 4.90 Å². The van der Waals surface area contributed by atoms with Gasteiger partial charge in [0.1, 0.15) is 30.0 Å². The van der Waals surface area contributed by atoms with E-state index in [-0.39, 0.29) is 6.61 Å². The summed E-state index contributed by atoms with van der Waals surface area (Å²) in [5, 5.41) is 10.5. The number of hydrogen-bond acceptors (Lipinski definition) is 6. The maximum atomic E-state index is 10.5. The van der Waals surface area contributed by atoms with E-state index in [1.54, 1.807) is 21.3 Å². The lowest BCUT2D eigenvalue weighted by Gasteiger charge is -2.25. The Morgan fingerprint density at radius 3 is 2.29 bits per heavy atom. The fraction of sp³-hybridized carbons (Fsp3) is 0.455. The molecule has 28 heavy (non-hydrogen) atoms. The van der Waals surface area contributed by atoms with Crippen molar-refractivity contribution in [2.75, 3.05) is 47.6 Å². The molecule has 2 rings (SSSR count). The lowest BCUT2D eigenvalue weighted by molar-refractivity contribution is 0.0540. The predicted molar refractivity (Wildman–Crippen MR) is 109 cm³/mol. The highest BCUT2D eigenvalue weighted by molar-refractivity contribution is 5.38. The summed E-state index contributed by atoms with van der Waals surface area (Å²) < 4.78 is 21.7. The Morgan fingerprint density at radius 1 is 1.00 bits per heavy atom. The monoisotopic (exact) mass is 389 g/mol. The molecule has 2 aromatic carbocycles. The summed E-state index contributed by atoms with van der Waals surface area (Å²) in [5.41, 5.74) is 2.09. The predicted octanol–water partition coefficient (Wildman–Crippen LogP) is 2.90. The van der Waals surface area contributed by atoms with Crippen LogP contribution in [0.1, 0.15) is 11.1 Å². The molecule has 0 aliphatic heterocycles. The van der Waals surface area contributed by atoms with Crippen molar-refractivity contribution in [3.8, 4) is 17.2 Å². The number of nitrogens with zero attached hydrogens (tertiary/aromatic N) is 1. The van der Waals surface area contributed by atoms with Gasteiger partial charge in [0, 0.05) is 32.8 Å². The first-order valence-electron chi connectivity index (χ1n) is 9.35. The van der Waals surface area contributed by atoms with Crippen LogP contribution in [-0.4, -0.2) is 63.7 Å². The molecule has 0 radical (unpaired) electrons. The zero-order chi connectivity index (χ0) is 20.4. The van der Waals surface area contributed by atoms with Gasteiger partial charge in [-0.2, -0.15) is 0 Å². The highest BCUT2D eigenvalue weighted by Gasteiger charge is 2.15. The van der Waals surface area contributed by atoms with Crippen LogP contribution < -0.4 is 14.2 Å². The first-order valence-corrected chi connectivity index (χ1v) is 9.35. The number of aryl methyl sites for hydroxylation is 1. The zero-order valence-electron chi connectivity index (χ0n) is 17.2. The van der Waals surface area contributed by atoms with E-state index in [9.17, 15) is 5.11 Å². The number of para-hydroxylation sites is 1. The average molecular weight is 389 g/mol. The minimum atomic E-state index is -0.621. The molecule has 2 aromatic rings. The summed E-state index contributed by atoms with van der Waals surface area (Å²) >= 11 is 0. The summed E-state index contributed by atoms with van der Waals surface area (Å²) in [6.45, 7) is 4.59. The number of aliphatic hydroxyl groups is 1. The molecule has 1 N–H and O–H groups in total. The SMILES string of the molecule is COCCN(Cc1cc(OC)cc(OC)c1)C[C@@H](O)COc1ccccc1C. The molecule has 0 fully saturated rings. The molecule has 0 amide bonds. The maximum Gasteiger partial charge on any atom is 0.122 e. The molecular weight excluding hydrogens is 358 g/mol. The molecule has 0 aliphatic carbocycles. The van der Waals surface area contributed by atoms with Crippen LogP contribution >= 0.6 is 0 Å². The Balaban J connectivity index is 1.99. The van der Waals surface area contributed by atoms with Crippen LogP contribution in [0.5, 0.6) is 17.2 Å². The summed E-state index contributed by atoms with van der Waals surface area (Å²) in [5.74, 6) is 2.27. The molecule has 6 nitrogen and oxygen atoms in total. The fourth-order valence-corrected chi connectivity index (χ4v) is 2.93. The molecule has 6 heteroatoms. The molecule has 0 aromatic heterocycles. The van der Waals surface area contributed by atoms with Crippen LogP contribution in [0.4, 0.5) is 0 Å². The van der Waals surface area contributed by atoms with Gasteiger partial charge in [-0.25, -0.2) is 0 Å². The quantitative estimate of drug-likeness (QED) is 0.602. The van der Waals surface area contributed by atoms with Gasteiger partial charge in [-0.1, -0.05) is 18.2 Å². The second-order valence-electron chi connectivity index (χ2n) is 6.68. The molecule has 0 bridgehead atoms. The molecule has 0 spiro atoms. The second-order valence-corrected chi connectivity index (χ2v) is 6.68. The molecular formula is C22H31NO5. The lowest BCUT2D eigenvalue weighted by atomic mass is 10.1. The van der Waals surface area contributed by atoms with E-state index < -0.39 is 6.10 Å². The van der Waals surface area contributed by atoms with Crippen LogP contribution in [0.2, 0.25) is 0 Å². The van der Waals surface area contributed by atoms with Crippen molar-refractivity contribution < 1.29 is 24.1 Å². The average Bonchev–Trinajstić information content (AvgIpc) is 2.71. The number of rotatable bonds is 12. The molecule has 0 heterocycles. The lowest BCUT2D eigenvalue weighted by Crippen LogP contribution is -2.37. The molecule has 0 saturated heterocycles. The Bertz CT molecular complexity index is 700. The van der Waals surface area contributed by atoms with E-state index in [0.29, 0.717) is 26.2 Å². The minimum absolute atomic E-state index is 0.232. The second kappa shape index (κ2) is 11.5. The fourth-order valence-electron chi connectivity index (χ4n) is 2.93. The standard InChI is InChI=1S/C22H31NO5/c1-17-7-5-6-8-22(17)28-16-19(24)15-23(9-10-25-2)14-18-11-20(26-3)13-21(12-18)27-4/h5-8,11-13,19,24H,9-10,14-16H2,1-4H3/t19-/m1/s1. The highest BCUT2D eigenvalue weighted by Crippen LogP contribution is 2.23. The van der Waals surface area contributed by atoms with Crippen molar-refractivity contribution in [2.24, 2.45) is 0 Å².